The van der Waals surface area contributed by atoms with Gasteiger partial charge in [-0.3, -0.25) is 4.79 Å². The molecule has 0 aliphatic carbocycles. The van der Waals surface area contributed by atoms with Crippen LogP contribution >= 0.6 is 0 Å². The minimum Gasteiger partial charge on any atom is -0.484 e. The van der Waals surface area contributed by atoms with Crippen molar-refractivity contribution in [2.75, 3.05) is 32.1 Å². The predicted molar refractivity (Wildman–Crippen MR) is 149 cm³/mol. The van der Waals surface area contributed by atoms with Crippen LogP contribution in [0, 0.1) is 6.92 Å². The van der Waals surface area contributed by atoms with Crippen LogP contribution in [0.1, 0.15) is 19.4 Å². The molecule has 0 radical (unpaired) electrons. The first-order valence-corrected chi connectivity index (χ1v) is 13.8. The minimum atomic E-state index is -3.64. The number of sulfonamides is 1. The average Bonchev–Trinajstić information content (AvgIpc) is 2.93. The van der Waals surface area contributed by atoms with Crippen LogP contribution in [0.25, 0.3) is 22.0 Å². The van der Waals surface area contributed by atoms with Crippen molar-refractivity contribution >= 4 is 38.2 Å². The molecule has 0 aliphatic rings. The van der Waals surface area contributed by atoms with E-state index in [1.807, 2.05) is 62.4 Å². The molecule has 0 saturated heterocycles. The smallest absolute Gasteiger partial charge is 0.257 e. The first kappa shape index (κ1) is 27.0. The summed E-state index contributed by atoms with van der Waals surface area (Å²) in [5.74, 6) is 0.923. The topological polar surface area (TPSA) is 114 Å². The third-order valence-corrected chi connectivity index (χ3v) is 8.43. The number of ether oxygens (including phenoxy) is 1. The molecule has 4 rings (SSSR count). The first-order chi connectivity index (χ1) is 18.3. The fourth-order valence-electron chi connectivity index (χ4n) is 4.13. The predicted octanol–water partition coefficient (Wildman–Crippen LogP) is 4.50. The maximum Gasteiger partial charge on any atom is 0.257 e. The standard InChI is InChI=1S/C28H31N5O4S/c1-5-33(6-2)38(35,36)25-17-20(12-11-19(25)3)27-23-9-7-8-10-24(23)28(32-31-27)30-21-13-15-22(16-14-21)37-18-26(34)29-4/h7-17H,5-6,18H2,1-4H3,(H,29,34)(H,30,32). The van der Waals surface area contributed by atoms with Crippen molar-refractivity contribution in [1.29, 1.82) is 0 Å². The van der Waals surface area contributed by atoms with Crippen molar-refractivity contribution in [3.8, 4) is 17.0 Å². The van der Waals surface area contributed by atoms with Gasteiger partial charge < -0.3 is 15.4 Å². The molecule has 0 fully saturated rings. The van der Waals surface area contributed by atoms with E-state index < -0.39 is 10.0 Å². The highest BCUT2D eigenvalue weighted by Gasteiger charge is 2.24. The minimum absolute atomic E-state index is 0.0577. The number of nitrogens with zero attached hydrogens (tertiary/aromatic N) is 3. The lowest BCUT2D eigenvalue weighted by Crippen LogP contribution is -2.31. The SMILES string of the molecule is CCN(CC)S(=O)(=O)c1cc(-c2nnc(Nc3ccc(OCC(=O)NC)cc3)c3ccccc23)ccc1C. The molecule has 0 bridgehead atoms. The zero-order chi connectivity index (χ0) is 27.3. The molecule has 1 aromatic heterocycles. The molecule has 4 aromatic rings. The molecule has 0 atom stereocenters. The summed E-state index contributed by atoms with van der Waals surface area (Å²) in [4.78, 5) is 11.7. The van der Waals surface area contributed by atoms with Crippen molar-refractivity contribution < 1.29 is 17.9 Å². The molecule has 9 nitrogen and oxygen atoms in total. The largest absolute Gasteiger partial charge is 0.484 e. The van der Waals surface area contributed by atoms with Gasteiger partial charge in [-0.25, -0.2) is 8.42 Å². The van der Waals surface area contributed by atoms with Gasteiger partial charge in [0.15, 0.2) is 12.4 Å². The number of amides is 1. The van der Waals surface area contributed by atoms with Gasteiger partial charge in [0.25, 0.3) is 5.91 Å². The number of aromatic nitrogens is 2. The van der Waals surface area contributed by atoms with Crippen LogP contribution < -0.4 is 15.4 Å². The van der Waals surface area contributed by atoms with E-state index in [1.165, 1.54) is 4.31 Å². The van der Waals surface area contributed by atoms with Crippen molar-refractivity contribution in [3.05, 3.63) is 72.3 Å². The van der Waals surface area contributed by atoms with E-state index in [4.69, 9.17) is 4.74 Å². The van der Waals surface area contributed by atoms with E-state index in [2.05, 4.69) is 20.8 Å². The Kier molecular flexibility index (Phi) is 8.23. The van der Waals surface area contributed by atoms with Crippen LogP contribution in [0.4, 0.5) is 11.5 Å². The Hall–Kier alpha value is -4.02. The van der Waals surface area contributed by atoms with Crippen LogP contribution in [0.2, 0.25) is 0 Å². The molecule has 1 amide bonds. The van der Waals surface area contributed by atoms with Gasteiger partial charge in [0.1, 0.15) is 11.4 Å². The lowest BCUT2D eigenvalue weighted by molar-refractivity contribution is -0.122. The summed E-state index contributed by atoms with van der Waals surface area (Å²) < 4.78 is 33.5. The van der Waals surface area contributed by atoms with E-state index in [-0.39, 0.29) is 17.4 Å². The van der Waals surface area contributed by atoms with Crippen LogP contribution in [0.5, 0.6) is 5.75 Å². The van der Waals surface area contributed by atoms with Crippen molar-refractivity contribution in [2.45, 2.75) is 25.7 Å². The summed E-state index contributed by atoms with van der Waals surface area (Å²) in [7, 11) is -2.08. The number of nitrogens with one attached hydrogen (secondary N) is 2. The van der Waals surface area contributed by atoms with E-state index in [0.717, 1.165) is 16.5 Å². The highest BCUT2D eigenvalue weighted by atomic mass is 32.2. The lowest BCUT2D eigenvalue weighted by atomic mass is 10.0. The molecule has 1 heterocycles. The van der Waals surface area contributed by atoms with Crippen molar-refractivity contribution in [2.24, 2.45) is 0 Å². The van der Waals surface area contributed by atoms with Gasteiger partial charge in [0.2, 0.25) is 10.0 Å². The second-order valence-corrected chi connectivity index (χ2v) is 10.5. The van der Waals surface area contributed by atoms with Gasteiger partial charge in [-0.2, -0.15) is 4.31 Å². The number of carbonyl (C=O) groups is 1. The van der Waals surface area contributed by atoms with Crippen LogP contribution in [0.15, 0.2) is 71.6 Å². The fourth-order valence-corrected chi connectivity index (χ4v) is 5.84. The maximum absolute atomic E-state index is 13.3. The Morgan fingerprint density at radius 2 is 1.63 bits per heavy atom. The normalized spacial score (nSPS) is 11.5. The van der Waals surface area contributed by atoms with Gasteiger partial charge >= 0.3 is 0 Å². The highest BCUT2D eigenvalue weighted by molar-refractivity contribution is 7.89. The molecule has 2 N–H and O–H groups in total. The number of carbonyl (C=O) groups excluding carboxylic acids is 1. The Balaban J connectivity index is 1.68. The van der Waals surface area contributed by atoms with Gasteiger partial charge in [-0.1, -0.05) is 50.2 Å². The third kappa shape index (κ3) is 5.61. The number of fused-ring (bicyclic) bond motifs is 1. The third-order valence-electron chi connectivity index (χ3n) is 6.24. The van der Waals surface area contributed by atoms with Gasteiger partial charge in [0.05, 0.1) is 4.90 Å². The van der Waals surface area contributed by atoms with E-state index in [0.29, 0.717) is 41.5 Å². The molecule has 38 heavy (non-hydrogen) atoms. The molecule has 0 saturated carbocycles. The molecule has 0 aliphatic heterocycles. The van der Waals surface area contributed by atoms with Crippen LogP contribution in [-0.2, 0) is 14.8 Å². The van der Waals surface area contributed by atoms with Crippen molar-refractivity contribution in [1.82, 2.24) is 19.8 Å². The maximum atomic E-state index is 13.3. The van der Waals surface area contributed by atoms with Crippen LogP contribution in [0.3, 0.4) is 0 Å². The zero-order valence-electron chi connectivity index (χ0n) is 21.9. The number of aryl methyl sites for hydroxylation is 1. The quantitative estimate of drug-likeness (QED) is 0.308. The number of likely N-dealkylation sites (N-methyl/N-ethyl adjacent to an activating group) is 1. The van der Waals surface area contributed by atoms with Gasteiger partial charge in [-0.05, 0) is 42.8 Å². The molecular weight excluding hydrogens is 502 g/mol. The number of benzene rings is 3. The van der Waals surface area contributed by atoms with E-state index in [9.17, 15) is 13.2 Å². The second kappa shape index (κ2) is 11.6. The Bertz CT molecular complexity index is 1550. The Morgan fingerprint density at radius 1 is 0.947 bits per heavy atom. The van der Waals surface area contributed by atoms with Gasteiger partial charge in [-0.15, -0.1) is 10.2 Å². The van der Waals surface area contributed by atoms with Gasteiger partial charge in [0, 0.05) is 42.2 Å². The summed E-state index contributed by atoms with van der Waals surface area (Å²) in [6.45, 7) is 6.19. The molecule has 10 heteroatoms. The Morgan fingerprint density at radius 3 is 2.29 bits per heavy atom. The monoisotopic (exact) mass is 533 g/mol. The number of hydrogen-bond acceptors (Lipinski definition) is 7. The van der Waals surface area contributed by atoms with E-state index in [1.54, 1.807) is 32.2 Å². The summed E-state index contributed by atoms with van der Waals surface area (Å²) in [6, 6.07) is 20.3. The van der Waals surface area contributed by atoms with E-state index >= 15 is 0 Å². The summed E-state index contributed by atoms with van der Waals surface area (Å²) in [6.07, 6.45) is 0. The Labute approximate surface area is 222 Å². The second-order valence-electron chi connectivity index (χ2n) is 8.62. The number of anilines is 2. The summed E-state index contributed by atoms with van der Waals surface area (Å²) in [5, 5.41) is 16.4. The molecule has 3 aromatic carbocycles. The summed E-state index contributed by atoms with van der Waals surface area (Å²) >= 11 is 0. The summed E-state index contributed by atoms with van der Waals surface area (Å²) in [5.41, 5.74) is 2.72. The molecule has 198 valence electrons. The molecule has 0 spiro atoms. The molecule has 0 unspecified atom stereocenters. The van der Waals surface area contributed by atoms with Crippen molar-refractivity contribution in [3.63, 3.8) is 0 Å². The van der Waals surface area contributed by atoms with Crippen LogP contribution in [-0.4, -0.2) is 55.6 Å². The first-order valence-electron chi connectivity index (χ1n) is 12.4. The lowest BCUT2D eigenvalue weighted by Gasteiger charge is -2.20. The fraction of sp³-hybridized carbons (Fsp3) is 0.250. The zero-order valence-corrected chi connectivity index (χ0v) is 22.7. The molecular formula is C28H31N5O4S. The number of hydrogen-bond donors (Lipinski definition) is 2. The number of rotatable bonds is 10. The average molecular weight is 534 g/mol. The highest BCUT2D eigenvalue weighted by Crippen LogP contribution is 2.33.